The second-order valence-electron chi connectivity index (χ2n) is 3.41. The number of methoxy groups -OCH3 is 1. The van der Waals surface area contributed by atoms with Crippen LogP contribution in [0.4, 0.5) is 5.13 Å². The molecular formula is C11H20N2OS. The highest BCUT2D eigenvalue weighted by molar-refractivity contribution is 7.15. The van der Waals surface area contributed by atoms with Crippen molar-refractivity contribution in [3.8, 4) is 0 Å². The van der Waals surface area contributed by atoms with Crippen molar-refractivity contribution in [3.05, 3.63) is 10.6 Å². The Balaban J connectivity index is 2.57. The normalized spacial score (nSPS) is 10.6. The first-order valence-corrected chi connectivity index (χ1v) is 6.34. The number of nitrogens with one attached hydrogen (secondary N) is 1. The van der Waals surface area contributed by atoms with Gasteiger partial charge in [0, 0.05) is 18.5 Å². The maximum absolute atomic E-state index is 4.99. The molecule has 0 amide bonds. The molecule has 0 bridgehead atoms. The van der Waals surface area contributed by atoms with Gasteiger partial charge < -0.3 is 10.1 Å². The molecule has 15 heavy (non-hydrogen) atoms. The summed E-state index contributed by atoms with van der Waals surface area (Å²) in [5.74, 6) is 0. The number of aromatic nitrogens is 1. The molecule has 1 heterocycles. The number of hydrogen-bond donors (Lipinski definition) is 1. The molecule has 0 spiro atoms. The van der Waals surface area contributed by atoms with E-state index in [9.17, 15) is 0 Å². The van der Waals surface area contributed by atoms with Crippen LogP contribution in [-0.4, -0.2) is 25.2 Å². The van der Waals surface area contributed by atoms with Crippen LogP contribution >= 0.6 is 11.3 Å². The van der Waals surface area contributed by atoms with E-state index in [0.717, 1.165) is 37.5 Å². The first-order valence-electron chi connectivity index (χ1n) is 5.53. The third-order valence-electron chi connectivity index (χ3n) is 2.17. The lowest BCUT2D eigenvalue weighted by molar-refractivity contribution is 0.211. The van der Waals surface area contributed by atoms with Gasteiger partial charge in [0.25, 0.3) is 0 Å². The van der Waals surface area contributed by atoms with E-state index >= 15 is 0 Å². The zero-order valence-electron chi connectivity index (χ0n) is 9.80. The molecule has 3 nitrogen and oxygen atoms in total. The predicted molar refractivity (Wildman–Crippen MR) is 65.9 cm³/mol. The molecule has 0 aromatic carbocycles. The van der Waals surface area contributed by atoms with Crippen LogP contribution < -0.4 is 5.32 Å². The lowest BCUT2D eigenvalue weighted by Gasteiger charge is -1.99. The standard InChI is InChI=1S/C11H20N2OS/c1-4-6-9-10(5-2)15-11(13-9)12-7-8-14-3/h4-8H2,1-3H3,(H,12,13). The third-order valence-corrected chi connectivity index (χ3v) is 3.37. The summed E-state index contributed by atoms with van der Waals surface area (Å²) in [6.07, 6.45) is 3.33. The highest BCUT2D eigenvalue weighted by Gasteiger charge is 2.07. The number of nitrogens with zero attached hydrogens (tertiary/aromatic N) is 1. The SMILES string of the molecule is CCCc1nc(NCCOC)sc1CC. The number of hydrogen-bond acceptors (Lipinski definition) is 4. The molecule has 0 aliphatic carbocycles. The summed E-state index contributed by atoms with van der Waals surface area (Å²) in [6, 6.07) is 0. The van der Waals surface area contributed by atoms with E-state index in [2.05, 4.69) is 24.1 Å². The van der Waals surface area contributed by atoms with Gasteiger partial charge in [-0.1, -0.05) is 20.3 Å². The molecule has 0 atom stereocenters. The minimum Gasteiger partial charge on any atom is -0.383 e. The molecule has 0 radical (unpaired) electrons. The fourth-order valence-corrected chi connectivity index (χ4v) is 2.40. The zero-order chi connectivity index (χ0) is 11.1. The molecule has 4 heteroatoms. The van der Waals surface area contributed by atoms with E-state index in [1.54, 1.807) is 18.4 Å². The molecule has 0 aliphatic rings. The van der Waals surface area contributed by atoms with Gasteiger partial charge in [-0.3, -0.25) is 0 Å². The summed E-state index contributed by atoms with van der Waals surface area (Å²) >= 11 is 1.77. The van der Waals surface area contributed by atoms with Crippen molar-refractivity contribution < 1.29 is 4.74 Å². The fraction of sp³-hybridized carbons (Fsp3) is 0.727. The Morgan fingerprint density at radius 2 is 2.20 bits per heavy atom. The first-order chi connectivity index (χ1) is 7.31. The van der Waals surface area contributed by atoms with E-state index in [0.29, 0.717) is 0 Å². The Labute approximate surface area is 95.9 Å². The van der Waals surface area contributed by atoms with Gasteiger partial charge in [0.2, 0.25) is 0 Å². The number of rotatable bonds is 7. The van der Waals surface area contributed by atoms with Gasteiger partial charge in [-0.25, -0.2) is 4.98 Å². The molecule has 0 saturated carbocycles. The molecular weight excluding hydrogens is 208 g/mol. The van der Waals surface area contributed by atoms with E-state index in [1.165, 1.54) is 10.6 Å². The average Bonchev–Trinajstić information content (AvgIpc) is 2.62. The topological polar surface area (TPSA) is 34.2 Å². The van der Waals surface area contributed by atoms with Crippen molar-refractivity contribution in [2.45, 2.75) is 33.1 Å². The molecule has 0 saturated heterocycles. The number of thiazole rings is 1. The molecule has 1 aromatic heterocycles. The third kappa shape index (κ3) is 3.80. The zero-order valence-corrected chi connectivity index (χ0v) is 10.6. The summed E-state index contributed by atoms with van der Waals surface area (Å²) in [5.41, 5.74) is 1.27. The Kier molecular flexibility index (Phi) is 5.65. The predicted octanol–water partition coefficient (Wildman–Crippen LogP) is 2.72. The van der Waals surface area contributed by atoms with Crippen LogP contribution in [0.5, 0.6) is 0 Å². The van der Waals surface area contributed by atoms with Gasteiger partial charge in [0.05, 0.1) is 12.3 Å². The van der Waals surface area contributed by atoms with Crippen molar-refractivity contribution in [1.82, 2.24) is 4.98 Å². The quantitative estimate of drug-likeness (QED) is 0.729. The smallest absolute Gasteiger partial charge is 0.183 e. The Morgan fingerprint density at radius 1 is 1.40 bits per heavy atom. The Bertz CT molecular complexity index is 286. The average molecular weight is 228 g/mol. The minimum atomic E-state index is 0.726. The lowest BCUT2D eigenvalue weighted by Crippen LogP contribution is -2.07. The number of anilines is 1. The van der Waals surface area contributed by atoms with E-state index in [4.69, 9.17) is 4.74 Å². The summed E-state index contributed by atoms with van der Waals surface area (Å²) in [6.45, 7) is 5.94. The minimum absolute atomic E-state index is 0.726. The molecule has 1 aromatic rings. The monoisotopic (exact) mass is 228 g/mol. The van der Waals surface area contributed by atoms with Crippen LogP contribution in [0.2, 0.25) is 0 Å². The Morgan fingerprint density at radius 3 is 2.80 bits per heavy atom. The largest absolute Gasteiger partial charge is 0.383 e. The summed E-state index contributed by atoms with van der Waals surface area (Å²) in [7, 11) is 1.71. The number of aryl methyl sites for hydroxylation is 2. The Hall–Kier alpha value is -0.610. The lowest BCUT2D eigenvalue weighted by atomic mass is 10.2. The number of ether oxygens (including phenoxy) is 1. The van der Waals surface area contributed by atoms with Crippen molar-refractivity contribution in [2.24, 2.45) is 0 Å². The van der Waals surface area contributed by atoms with Gasteiger partial charge in [-0.2, -0.15) is 0 Å². The van der Waals surface area contributed by atoms with Crippen molar-refractivity contribution >= 4 is 16.5 Å². The van der Waals surface area contributed by atoms with Gasteiger partial charge in [-0.05, 0) is 12.8 Å². The summed E-state index contributed by atoms with van der Waals surface area (Å²) in [4.78, 5) is 6.01. The van der Waals surface area contributed by atoms with Gasteiger partial charge in [-0.15, -0.1) is 11.3 Å². The second-order valence-corrected chi connectivity index (χ2v) is 4.50. The fourth-order valence-electron chi connectivity index (χ4n) is 1.43. The van der Waals surface area contributed by atoms with Crippen molar-refractivity contribution in [1.29, 1.82) is 0 Å². The van der Waals surface area contributed by atoms with Crippen LogP contribution in [0, 0.1) is 0 Å². The molecule has 1 N–H and O–H groups in total. The van der Waals surface area contributed by atoms with E-state index in [-0.39, 0.29) is 0 Å². The second kappa shape index (κ2) is 6.80. The summed E-state index contributed by atoms with van der Waals surface area (Å²) in [5, 5.41) is 4.32. The van der Waals surface area contributed by atoms with E-state index in [1.807, 2.05) is 0 Å². The highest BCUT2D eigenvalue weighted by atomic mass is 32.1. The van der Waals surface area contributed by atoms with Crippen LogP contribution in [0.15, 0.2) is 0 Å². The maximum atomic E-state index is 4.99. The van der Waals surface area contributed by atoms with Gasteiger partial charge in [0.1, 0.15) is 0 Å². The highest BCUT2D eigenvalue weighted by Crippen LogP contribution is 2.24. The molecule has 0 unspecified atom stereocenters. The molecule has 0 fully saturated rings. The van der Waals surface area contributed by atoms with Gasteiger partial charge in [0.15, 0.2) is 5.13 Å². The first kappa shape index (κ1) is 12.5. The summed E-state index contributed by atoms with van der Waals surface area (Å²) < 4.78 is 4.99. The molecule has 1 rings (SSSR count). The van der Waals surface area contributed by atoms with Crippen molar-refractivity contribution in [2.75, 3.05) is 25.6 Å². The van der Waals surface area contributed by atoms with Crippen LogP contribution in [0.3, 0.4) is 0 Å². The maximum Gasteiger partial charge on any atom is 0.183 e. The molecule has 0 aliphatic heterocycles. The van der Waals surface area contributed by atoms with E-state index < -0.39 is 0 Å². The van der Waals surface area contributed by atoms with Crippen LogP contribution in [0.1, 0.15) is 30.8 Å². The van der Waals surface area contributed by atoms with Crippen molar-refractivity contribution in [3.63, 3.8) is 0 Å². The van der Waals surface area contributed by atoms with Gasteiger partial charge >= 0.3 is 0 Å². The van der Waals surface area contributed by atoms with Crippen LogP contribution in [0.25, 0.3) is 0 Å². The molecule has 86 valence electrons. The van der Waals surface area contributed by atoms with Crippen LogP contribution in [-0.2, 0) is 17.6 Å².